The molecular formula is C17H27N3S. The molecule has 1 N–H and O–H groups in total. The first-order chi connectivity index (χ1) is 10.3. The maximum Gasteiger partial charge on any atom is 0.185 e. The Balaban J connectivity index is 1.54. The molecule has 2 fully saturated rings. The summed E-state index contributed by atoms with van der Waals surface area (Å²) in [4.78, 5) is 9.28. The summed E-state index contributed by atoms with van der Waals surface area (Å²) in [7, 11) is 0. The molecule has 116 valence electrons. The molecule has 2 saturated carbocycles. The first-order valence-corrected chi connectivity index (χ1v) is 9.63. The molecule has 1 atom stereocenters. The van der Waals surface area contributed by atoms with Crippen LogP contribution in [0, 0.1) is 11.8 Å². The van der Waals surface area contributed by atoms with E-state index in [1.165, 1.54) is 68.9 Å². The molecule has 21 heavy (non-hydrogen) atoms. The average Bonchev–Trinajstić information content (AvgIpc) is 3.40. The quantitative estimate of drug-likeness (QED) is 0.831. The summed E-state index contributed by atoms with van der Waals surface area (Å²) in [5, 5.41) is 4.95. The van der Waals surface area contributed by atoms with Crippen LogP contribution in [0.3, 0.4) is 0 Å². The van der Waals surface area contributed by atoms with Crippen LogP contribution in [0.5, 0.6) is 0 Å². The largest absolute Gasteiger partial charge is 0.348 e. The Morgan fingerprint density at radius 3 is 2.48 bits per heavy atom. The number of anilines is 1. The highest BCUT2D eigenvalue weighted by atomic mass is 32.1. The number of fused-ring (bicyclic) bond motifs is 1. The SMILES string of the molecule is CCNC1CCCc2sc(N(CC3CC3)CC3CC3)nc21. The van der Waals surface area contributed by atoms with Crippen LogP contribution in [0.15, 0.2) is 0 Å². The molecule has 1 heterocycles. The third-order valence-corrected chi connectivity index (χ3v) is 6.21. The molecule has 0 spiro atoms. The Hall–Kier alpha value is -0.610. The fourth-order valence-electron chi connectivity index (χ4n) is 3.44. The predicted molar refractivity (Wildman–Crippen MR) is 89.1 cm³/mol. The van der Waals surface area contributed by atoms with Gasteiger partial charge in [-0.05, 0) is 63.3 Å². The van der Waals surface area contributed by atoms with Gasteiger partial charge in [-0.2, -0.15) is 0 Å². The summed E-state index contributed by atoms with van der Waals surface area (Å²) in [6.07, 6.45) is 9.57. The monoisotopic (exact) mass is 305 g/mol. The van der Waals surface area contributed by atoms with E-state index in [2.05, 4.69) is 17.1 Å². The van der Waals surface area contributed by atoms with Crippen molar-refractivity contribution in [3.8, 4) is 0 Å². The van der Waals surface area contributed by atoms with Crippen LogP contribution in [0.25, 0.3) is 0 Å². The zero-order valence-corrected chi connectivity index (χ0v) is 13.9. The van der Waals surface area contributed by atoms with E-state index in [0.29, 0.717) is 6.04 Å². The van der Waals surface area contributed by atoms with E-state index in [4.69, 9.17) is 4.98 Å². The second kappa shape index (κ2) is 5.88. The fraction of sp³-hybridized carbons (Fsp3) is 0.824. The van der Waals surface area contributed by atoms with Gasteiger partial charge in [0.05, 0.1) is 11.7 Å². The normalized spacial score (nSPS) is 24.9. The number of thiazole rings is 1. The number of aromatic nitrogens is 1. The third kappa shape index (κ3) is 3.26. The van der Waals surface area contributed by atoms with Gasteiger partial charge in [0.2, 0.25) is 0 Å². The van der Waals surface area contributed by atoms with Crippen LogP contribution < -0.4 is 10.2 Å². The first-order valence-electron chi connectivity index (χ1n) is 8.81. The highest BCUT2D eigenvalue weighted by molar-refractivity contribution is 7.15. The molecule has 3 aliphatic carbocycles. The molecule has 4 rings (SSSR count). The van der Waals surface area contributed by atoms with Crippen LogP contribution in [-0.4, -0.2) is 24.6 Å². The fourth-order valence-corrected chi connectivity index (χ4v) is 4.62. The summed E-state index contributed by atoms with van der Waals surface area (Å²) in [6.45, 7) is 5.77. The standard InChI is InChI=1S/C17H27N3S/c1-2-18-14-4-3-5-15-16(14)19-17(21-15)20(10-12-6-7-12)11-13-8-9-13/h12-14,18H,2-11H2,1H3. The molecule has 1 unspecified atom stereocenters. The van der Waals surface area contributed by atoms with Crippen molar-refractivity contribution in [2.24, 2.45) is 11.8 Å². The zero-order valence-electron chi connectivity index (χ0n) is 13.1. The highest BCUT2D eigenvalue weighted by Gasteiger charge is 2.32. The molecule has 3 nitrogen and oxygen atoms in total. The topological polar surface area (TPSA) is 28.2 Å². The van der Waals surface area contributed by atoms with E-state index in [0.717, 1.165) is 18.4 Å². The van der Waals surface area contributed by atoms with E-state index in [9.17, 15) is 0 Å². The van der Waals surface area contributed by atoms with Gasteiger partial charge in [-0.25, -0.2) is 4.98 Å². The predicted octanol–water partition coefficient (Wildman–Crippen LogP) is 3.76. The van der Waals surface area contributed by atoms with E-state index < -0.39 is 0 Å². The lowest BCUT2D eigenvalue weighted by atomic mass is 9.98. The van der Waals surface area contributed by atoms with E-state index in [1.807, 2.05) is 11.3 Å². The number of aryl methyl sites for hydroxylation is 1. The molecule has 1 aromatic heterocycles. The van der Waals surface area contributed by atoms with Crippen molar-refractivity contribution < 1.29 is 0 Å². The number of hydrogen-bond donors (Lipinski definition) is 1. The van der Waals surface area contributed by atoms with Gasteiger partial charge in [0, 0.05) is 18.0 Å². The van der Waals surface area contributed by atoms with E-state index in [1.54, 1.807) is 4.88 Å². The molecule has 0 aromatic carbocycles. The Bertz CT molecular complexity index is 476. The Morgan fingerprint density at radius 1 is 1.14 bits per heavy atom. The summed E-state index contributed by atoms with van der Waals surface area (Å²) < 4.78 is 0. The lowest BCUT2D eigenvalue weighted by Gasteiger charge is -2.22. The number of rotatable bonds is 7. The van der Waals surface area contributed by atoms with Crippen LogP contribution in [0.1, 0.15) is 62.1 Å². The zero-order chi connectivity index (χ0) is 14.2. The molecule has 0 bridgehead atoms. The maximum absolute atomic E-state index is 5.09. The van der Waals surface area contributed by atoms with Crippen molar-refractivity contribution in [1.82, 2.24) is 10.3 Å². The molecule has 0 saturated heterocycles. The highest BCUT2D eigenvalue weighted by Crippen LogP contribution is 2.40. The van der Waals surface area contributed by atoms with E-state index >= 15 is 0 Å². The molecule has 0 amide bonds. The number of nitrogens with zero attached hydrogens (tertiary/aromatic N) is 2. The van der Waals surface area contributed by atoms with Gasteiger partial charge in [0.25, 0.3) is 0 Å². The van der Waals surface area contributed by atoms with E-state index in [-0.39, 0.29) is 0 Å². The molecular weight excluding hydrogens is 278 g/mol. The Kier molecular flexibility index (Phi) is 3.92. The van der Waals surface area contributed by atoms with Gasteiger partial charge in [0.15, 0.2) is 5.13 Å². The van der Waals surface area contributed by atoms with Crippen LogP contribution in [0.2, 0.25) is 0 Å². The second-order valence-electron chi connectivity index (χ2n) is 7.10. The minimum absolute atomic E-state index is 0.507. The lowest BCUT2D eigenvalue weighted by Crippen LogP contribution is -2.28. The molecule has 1 aromatic rings. The van der Waals surface area contributed by atoms with Crippen molar-refractivity contribution in [2.75, 3.05) is 24.5 Å². The van der Waals surface area contributed by atoms with Crippen molar-refractivity contribution in [3.05, 3.63) is 10.6 Å². The van der Waals surface area contributed by atoms with Crippen molar-refractivity contribution in [3.63, 3.8) is 0 Å². The van der Waals surface area contributed by atoms with Crippen LogP contribution in [0.4, 0.5) is 5.13 Å². The van der Waals surface area contributed by atoms with Gasteiger partial charge < -0.3 is 10.2 Å². The van der Waals surface area contributed by atoms with Gasteiger partial charge in [-0.15, -0.1) is 11.3 Å². The molecule has 0 radical (unpaired) electrons. The second-order valence-corrected chi connectivity index (χ2v) is 8.16. The molecule has 4 heteroatoms. The number of hydrogen-bond acceptors (Lipinski definition) is 4. The van der Waals surface area contributed by atoms with Crippen molar-refractivity contribution in [1.29, 1.82) is 0 Å². The lowest BCUT2D eigenvalue weighted by molar-refractivity contribution is 0.465. The third-order valence-electron chi connectivity index (χ3n) is 5.02. The molecule has 3 aliphatic rings. The van der Waals surface area contributed by atoms with Crippen LogP contribution in [-0.2, 0) is 6.42 Å². The summed E-state index contributed by atoms with van der Waals surface area (Å²) in [5.74, 6) is 1.91. The van der Waals surface area contributed by atoms with Gasteiger partial charge in [-0.3, -0.25) is 0 Å². The minimum atomic E-state index is 0.507. The Labute approximate surface area is 132 Å². The summed E-state index contributed by atoms with van der Waals surface area (Å²) >= 11 is 1.99. The van der Waals surface area contributed by atoms with Crippen LogP contribution >= 0.6 is 11.3 Å². The first kappa shape index (κ1) is 14.0. The smallest absolute Gasteiger partial charge is 0.185 e. The Morgan fingerprint density at radius 2 is 1.86 bits per heavy atom. The molecule has 0 aliphatic heterocycles. The maximum atomic E-state index is 5.09. The minimum Gasteiger partial charge on any atom is -0.348 e. The van der Waals surface area contributed by atoms with Crippen molar-refractivity contribution in [2.45, 2.75) is 57.9 Å². The summed E-state index contributed by atoms with van der Waals surface area (Å²) in [5.41, 5.74) is 1.37. The van der Waals surface area contributed by atoms with Crippen molar-refractivity contribution >= 4 is 16.5 Å². The van der Waals surface area contributed by atoms with Gasteiger partial charge >= 0.3 is 0 Å². The van der Waals surface area contributed by atoms with Gasteiger partial charge in [-0.1, -0.05) is 6.92 Å². The number of nitrogens with one attached hydrogen (secondary N) is 1. The average molecular weight is 305 g/mol. The summed E-state index contributed by atoms with van der Waals surface area (Å²) in [6, 6.07) is 0.507. The van der Waals surface area contributed by atoms with Gasteiger partial charge in [0.1, 0.15) is 0 Å².